The Morgan fingerprint density at radius 2 is 2.18 bits per heavy atom. The van der Waals surface area contributed by atoms with E-state index in [1.807, 2.05) is 6.08 Å². The third kappa shape index (κ3) is 2.06. The van der Waals surface area contributed by atoms with Gasteiger partial charge in [-0.1, -0.05) is 25.5 Å². The minimum Gasteiger partial charge on any atom is -0.389 e. The molecule has 1 rings (SSSR count). The standard InChI is InChI=1S/C10H18O/c1-7(2)9-5-4-8(3)6-10(9)11/h6-7,9-11H,4-5H2,1-3H3/t9-,10-/m1/s1. The zero-order valence-corrected chi connectivity index (χ0v) is 7.67. The van der Waals surface area contributed by atoms with Gasteiger partial charge in [0.15, 0.2) is 0 Å². The lowest BCUT2D eigenvalue weighted by Gasteiger charge is -2.28. The molecule has 0 saturated heterocycles. The lowest BCUT2D eigenvalue weighted by atomic mass is 9.81. The van der Waals surface area contributed by atoms with Crippen molar-refractivity contribution in [1.29, 1.82) is 0 Å². The van der Waals surface area contributed by atoms with E-state index < -0.39 is 0 Å². The van der Waals surface area contributed by atoms with Gasteiger partial charge >= 0.3 is 0 Å². The molecule has 2 atom stereocenters. The molecule has 0 radical (unpaired) electrons. The van der Waals surface area contributed by atoms with Crippen molar-refractivity contribution in [2.45, 2.75) is 39.7 Å². The van der Waals surface area contributed by atoms with Gasteiger partial charge in [0.25, 0.3) is 0 Å². The summed E-state index contributed by atoms with van der Waals surface area (Å²) in [5.41, 5.74) is 1.34. The number of rotatable bonds is 1. The Morgan fingerprint density at radius 1 is 1.55 bits per heavy atom. The zero-order valence-electron chi connectivity index (χ0n) is 7.67. The van der Waals surface area contributed by atoms with Crippen LogP contribution in [0.5, 0.6) is 0 Å². The van der Waals surface area contributed by atoms with E-state index in [0.717, 1.165) is 6.42 Å². The second kappa shape index (κ2) is 3.40. The van der Waals surface area contributed by atoms with Crippen LogP contribution in [0.4, 0.5) is 0 Å². The summed E-state index contributed by atoms with van der Waals surface area (Å²) < 4.78 is 0. The van der Waals surface area contributed by atoms with Crippen molar-refractivity contribution in [3.63, 3.8) is 0 Å². The minimum atomic E-state index is -0.191. The summed E-state index contributed by atoms with van der Waals surface area (Å²) in [6, 6.07) is 0. The van der Waals surface area contributed by atoms with E-state index in [9.17, 15) is 5.11 Å². The molecule has 0 aromatic carbocycles. The maximum absolute atomic E-state index is 9.63. The highest BCUT2D eigenvalue weighted by Crippen LogP contribution is 2.28. The van der Waals surface area contributed by atoms with E-state index >= 15 is 0 Å². The molecule has 0 unspecified atom stereocenters. The Balaban J connectivity index is 2.60. The molecular formula is C10H18O. The SMILES string of the molecule is CC1=C[C@@H](O)[C@@H](C(C)C)CC1. The molecule has 0 spiro atoms. The zero-order chi connectivity index (χ0) is 8.43. The van der Waals surface area contributed by atoms with Crippen molar-refractivity contribution < 1.29 is 5.11 Å². The first-order chi connectivity index (χ1) is 5.11. The molecule has 0 fully saturated rings. The summed E-state index contributed by atoms with van der Waals surface area (Å²) in [4.78, 5) is 0. The first kappa shape index (κ1) is 8.79. The van der Waals surface area contributed by atoms with Gasteiger partial charge < -0.3 is 5.11 Å². The van der Waals surface area contributed by atoms with Crippen LogP contribution in [0.3, 0.4) is 0 Å². The number of hydrogen-bond donors (Lipinski definition) is 1. The Morgan fingerprint density at radius 3 is 2.64 bits per heavy atom. The fourth-order valence-corrected chi connectivity index (χ4v) is 1.79. The molecular weight excluding hydrogens is 136 g/mol. The van der Waals surface area contributed by atoms with Crippen LogP contribution in [0, 0.1) is 11.8 Å². The molecule has 0 saturated carbocycles. The second-order valence-corrected chi connectivity index (χ2v) is 3.95. The second-order valence-electron chi connectivity index (χ2n) is 3.95. The highest BCUT2D eigenvalue weighted by atomic mass is 16.3. The van der Waals surface area contributed by atoms with Crippen molar-refractivity contribution in [3.05, 3.63) is 11.6 Å². The molecule has 0 bridgehead atoms. The summed E-state index contributed by atoms with van der Waals surface area (Å²) in [6.07, 6.45) is 4.14. The molecule has 0 amide bonds. The minimum absolute atomic E-state index is 0.191. The van der Waals surface area contributed by atoms with Gasteiger partial charge in [0.2, 0.25) is 0 Å². The third-order valence-electron chi connectivity index (χ3n) is 2.62. The maximum Gasteiger partial charge on any atom is 0.0754 e. The van der Waals surface area contributed by atoms with Gasteiger partial charge in [0.05, 0.1) is 6.10 Å². The molecule has 1 aliphatic carbocycles. The maximum atomic E-state index is 9.63. The summed E-state index contributed by atoms with van der Waals surface area (Å²) in [5, 5.41) is 9.63. The van der Waals surface area contributed by atoms with E-state index in [1.54, 1.807) is 0 Å². The van der Waals surface area contributed by atoms with Gasteiger partial charge in [-0.25, -0.2) is 0 Å². The summed E-state index contributed by atoms with van der Waals surface area (Å²) in [6.45, 7) is 6.46. The van der Waals surface area contributed by atoms with E-state index in [-0.39, 0.29) is 6.10 Å². The Labute approximate surface area is 69.1 Å². The molecule has 0 aromatic rings. The smallest absolute Gasteiger partial charge is 0.0754 e. The molecule has 1 heteroatoms. The predicted molar refractivity (Wildman–Crippen MR) is 47.3 cm³/mol. The van der Waals surface area contributed by atoms with E-state index in [2.05, 4.69) is 20.8 Å². The molecule has 1 N–H and O–H groups in total. The van der Waals surface area contributed by atoms with Crippen LogP contribution >= 0.6 is 0 Å². The first-order valence-corrected chi connectivity index (χ1v) is 4.46. The summed E-state index contributed by atoms with van der Waals surface area (Å²) in [7, 11) is 0. The number of hydrogen-bond acceptors (Lipinski definition) is 1. The molecule has 11 heavy (non-hydrogen) atoms. The molecule has 0 aliphatic heterocycles. The van der Waals surface area contributed by atoms with Gasteiger partial charge in [-0.05, 0) is 31.6 Å². The Hall–Kier alpha value is -0.300. The quantitative estimate of drug-likeness (QED) is 0.575. The van der Waals surface area contributed by atoms with E-state index in [1.165, 1.54) is 12.0 Å². The van der Waals surface area contributed by atoms with Crippen molar-refractivity contribution >= 4 is 0 Å². The number of allylic oxidation sites excluding steroid dienone is 1. The summed E-state index contributed by atoms with van der Waals surface area (Å²) in [5.74, 6) is 1.09. The number of aliphatic hydroxyl groups is 1. The van der Waals surface area contributed by atoms with Gasteiger partial charge in [-0.3, -0.25) is 0 Å². The van der Waals surface area contributed by atoms with Crippen LogP contribution in [0.25, 0.3) is 0 Å². The van der Waals surface area contributed by atoms with Crippen molar-refractivity contribution in [3.8, 4) is 0 Å². The van der Waals surface area contributed by atoms with Crippen LogP contribution in [0.1, 0.15) is 33.6 Å². The highest BCUT2D eigenvalue weighted by molar-refractivity contribution is 5.08. The Bertz CT molecular complexity index is 158. The molecule has 64 valence electrons. The average molecular weight is 154 g/mol. The van der Waals surface area contributed by atoms with Crippen LogP contribution in [0.15, 0.2) is 11.6 Å². The lowest BCUT2D eigenvalue weighted by molar-refractivity contribution is 0.108. The topological polar surface area (TPSA) is 20.2 Å². The summed E-state index contributed by atoms with van der Waals surface area (Å²) >= 11 is 0. The van der Waals surface area contributed by atoms with Gasteiger partial charge in [-0.15, -0.1) is 0 Å². The van der Waals surface area contributed by atoms with Crippen LogP contribution in [-0.4, -0.2) is 11.2 Å². The van der Waals surface area contributed by atoms with Gasteiger partial charge in [0.1, 0.15) is 0 Å². The molecule has 1 nitrogen and oxygen atoms in total. The Kier molecular flexibility index (Phi) is 2.72. The van der Waals surface area contributed by atoms with Gasteiger partial charge in [-0.2, -0.15) is 0 Å². The van der Waals surface area contributed by atoms with Crippen LogP contribution in [-0.2, 0) is 0 Å². The third-order valence-corrected chi connectivity index (χ3v) is 2.62. The molecule has 0 heterocycles. The van der Waals surface area contributed by atoms with Crippen molar-refractivity contribution in [2.24, 2.45) is 11.8 Å². The fourth-order valence-electron chi connectivity index (χ4n) is 1.79. The number of aliphatic hydroxyl groups excluding tert-OH is 1. The molecule has 0 aromatic heterocycles. The van der Waals surface area contributed by atoms with E-state index in [4.69, 9.17) is 0 Å². The van der Waals surface area contributed by atoms with E-state index in [0.29, 0.717) is 11.8 Å². The van der Waals surface area contributed by atoms with Gasteiger partial charge in [0, 0.05) is 0 Å². The van der Waals surface area contributed by atoms with Crippen molar-refractivity contribution in [1.82, 2.24) is 0 Å². The van der Waals surface area contributed by atoms with Crippen LogP contribution < -0.4 is 0 Å². The van der Waals surface area contributed by atoms with Crippen molar-refractivity contribution in [2.75, 3.05) is 0 Å². The first-order valence-electron chi connectivity index (χ1n) is 4.46. The normalized spacial score (nSPS) is 32.3. The van der Waals surface area contributed by atoms with Crippen LogP contribution in [0.2, 0.25) is 0 Å². The lowest BCUT2D eigenvalue weighted by Crippen LogP contribution is -2.26. The fraction of sp³-hybridized carbons (Fsp3) is 0.800. The average Bonchev–Trinajstić information content (AvgIpc) is 1.85. The highest BCUT2D eigenvalue weighted by Gasteiger charge is 2.23. The molecule has 1 aliphatic rings. The predicted octanol–water partition coefficient (Wildman–Crippen LogP) is 2.36. The largest absolute Gasteiger partial charge is 0.389 e. The monoisotopic (exact) mass is 154 g/mol.